The number of halogens is 1. The maximum Gasteiger partial charge on any atom is 0.279 e. The number of hydrazone groups is 1. The second kappa shape index (κ2) is 9.55. The number of hydrogen-bond acceptors (Lipinski definition) is 5. The highest BCUT2D eigenvalue weighted by atomic mass is 127. The number of carbonyl (C=O) groups excluding carboxylic acids is 1. The van der Waals surface area contributed by atoms with Crippen LogP contribution in [-0.2, 0) is 21.4 Å². The molecule has 3 aromatic rings. The van der Waals surface area contributed by atoms with Gasteiger partial charge in [-0.25, -0.2) is 13.6 Å². The van der Waals surface area contributed by atoms with E-state index in [1.807, 2.05) is 48.5 Å². The molecule has 0 aromatic heterocycles. The first-order valence-corrected chi connectivity index (χ1v) is 12.7. The van der Waals surface area contributed by atoms with Crippen molar-refractivity contribution in [2.24, 2.45) is 10.2 Å². The van der Waals surface area contributed by atoms with Crippen molar-refractivity contribution in [1.29, 1.82) is 0 Å². The average molecular weight is 591 g/mol. The second-order valence-corrected chi connectivity index (χ2v) is 10.3. The Bertz CT molecular complexity index is 1360. The molecular formula is C22H18IN5O3S2. The highest BCUT2D eigenvalue weighted by molar-refractivity contribution is 14.1. The number of anilines is 2. The Morgan fingerprint density at radius 2 is 1.76 bits per heavy atom. The van der Waals surface area contributed by atoms with Crippen molar-refractivity contribution in [3.8, 4) is 0 Å². The van der Waals surface area contributed by atoms with E-state index in [0.29, 0.717) is 12.2 Å². The molecule has 1 amide bonds. The van der Waals surface area contributed by atoms with Gasteiger partial charge in [0.2, 0.25) is 10.0 Å². The van der Waals surface area contributed by atoms with Crippen LogP contribution in [0.2, 0.25) is 0 Å². The Labute approximate surface area is 210 Å². The second-order valence-electron chi connectivity index (χ2n) is 7.13. The smallest absolute Gasteiger partial charge is 0.279 e. The Morgan fingerprint density at radius 3 is 2.42 bits per heavy atom. The molecule has 3 aromatic carbocycles. The normalized spacial score (nSPS) is 14.3. The number of benzene rings is 3. The van der Waals surface area contributed by atoms with Gasteiger partial charge >= 0.3 is 0 Å². The first kappa shape index (κ1) is 23.3. The van der Waals surface area contributed by atoms with Gasteiger partial charge < -0.3 is 10.2 Å². The van der Waals surface area contributed by atoms with E-state index in [2.05, 4.69) is 38.4 Å². The van der Waals surface area contributed by atoms with Crippen molar-refractivity contribution >= 4 is 72.9 Å². The first-order chi connectivity index (χ1) is 15.7. The summed E-state index contributed by atoms with van der Waals surface area (Å²) < 4.78 is 23.7. The molecule has 0 spiro atoms. The molecule has 1 aliphatic heterocycles. The monoisotopic (exact) mass is 591 g/mol. The van der Waals surface area contributed by atoms with Crippen LogP contribution in [0.25, 0.3) is 0 Å². The lowest BCUT2D eigenvalue weighted by Gasteiger charge is -2.17. The number of nitrogens with two attached hydrogens (primary N) is 1. The zero-order chi connectivity index (χ0) is 23.6. The van der Waals surface area contributed by atoms with Gasteiger partial charge in [0.05, 0.1) is 17.1 Å². The summed E-state index contributed by atoms with van der Waals surface area (Å²) in [7, 11) is -3.78. The van der Waals surface area contributed by atoms with Crippen molar-refractivity contribution in [2.75, 3.05) is 10.2 Å². The van der Waals surface area contributed by atoms with Gasteiger partial charge in [-0.1, -0.05) is 30.3 Å². The fourth-order valence-corrected chi connectivity index (χ4v) is 4.48. The van der Waals surface area contributed by atoms with Gasteiger partial charge in [-0.05, 0) is 82.8 Å². The summed E-state index contributed by atoms with van der Waals surface area (Å²) in [5.41, 5.74) is 6.01. The maximum absolute atomic E-state index is 13.2. The zero-order valence-electron chi connectivity index (χ0n) is 17.0. The molecule has 0 aliphatic carbocycles. The minimum Gasteiger partial charge on any atom is -0.331 e. The molecule has 8 nitrogen and oxygen atoms in total. The molecule has 0 fully saturated rings. The number of rotatable bonds is 5. The minimum absolute atomic E-state index is 0.00607. The van der Waals surface area contributed by atoms with Crippen LogP contribution in [0.4, 0.5) is 11.4 Å². The number of hydrogen-bond donors (Lipinski definition) is 3. The Kier molecular flexibility index (Phi) is 6.74. The largest absolute Gasteiger partial charge is 0.331 e. The standard InChI is InChI=1S/C22H18IN5O3S2/c23-15-6-11-19-18(12-15)20(21(29)28(19)13-14-4-2-1-3-5-14)26-27-22(32)25-16-7-9-17(10-8-16)33(24,30)31/h1-12H,13H2,(H2,24,30,31)(H2,25,27,32). The summed E-state index contributed by atoms with van der Waals surface area (Å²) in [6.45, 7) is 0.422. The molecule has 0 saturated heterocycles. The van der Waals surface area contributed by atoms with Crippen LogP contribution in [0.15, 0.2) is 82.8 Å². The molecule has 0 bridgehead atoms. The van der Waals surface area contributed by atoms with E-state index in [0.717, 1.165) is 20.4 Å². The van der Waals surface area contributed by atoms with E-state index in [-0.39, 0.29) is 21.6 Å². The van der Waals surface area contributed by atoms with E-state index in [4.69, 9.17) is 17.4 Å². The molecule has 33 heavy (non-hydrogen) atoms. The lowest BCUT2D eigenvalue weighted by atomic mass is 10.1. The van der Waals surface area contributed by atoms with E-state index < -0.39 is 10.0 Å². The van der Waals surface area contributed by atoms with Gasteiger partial charge in [0, 0.05) is 14.8 Å². The summed E-state index contributed by atoms with van der Waals surface area (Å²) in [4.78, 5) is 14.9. The van der Waals surface area contributed by atoms with Crippen LogP contribution in [0, 0.1) is 3.57 Å². The summed E-state index contributed by atoms with van der Waals surface area (Å²) in [5.74, 6) is -0.233. The highest BCUT2D eigenvalue weighted by Crippen LogP contribution is 2.32. The summed E-state index contributed by atoms with van der Waals surface area (Å²) in [6.07, 6.45) is 0. The summed E-state index contributed by atoms with van der Waals surface area (Å²) in [6, 6.07) is 21.3. The molecule has 1 aliphatic rings. The van der Waals surface area contributed by atoms with Gasteiger partial charge in [0.25, 0.3) is 5.91 Å². The Balaban J connectivity index is 1.53. The molecule has 0 unspecified atom stereocenters. The lowest BCUT2D eigenvalue weighted by molar-refractivity contribution is -0.112. The minimum atomic E-state index is -3.78. The van der Waals surface area contributed by atoms with Gasteiger partial charge in [0.1, 0.15) is 0 Å². The van der Waals surface area contributed by atoms with Crippen LogP contribution >= 0.6 is 34.8 Å². The van der Waals surface area contributed by atoms with Crippen LogP contribution in [0.3, 0.4) is 0 Å². The molecule has 168 valence electrons. The number of nitrogens with one attached hydrogen (secondary N) is 2. The third-order valence-electron chi connectivity index (χ3n) is 4.85. The fraction of sp³-hybridized carbons (Fsp3) is 0.0455. The van der Waals surface area contributed by atoms with Gasteiger partial charge in [0.15, 0.2) is 10.8 Å². The molecule has 0 atom stereocenters. The van der Waals surface area contributed by atoms with E-state index >= 15 is 0 Å². The number of fused-ring (bicyclic) bond motifs is 1. The Hall–Kier alpha value is -2.87. The number of nitrogens with zero attached hydrogens (tertiary/aromatic N) is 2. The maximum atomic E-state index is 13.2. The zero-order valence-corrected chi connectivity index (χ0v) is 20.8. The molecule has 0 saturated carbocycles. The van der Waals surface area contributed by atoms with Crippen molar-refractivity contribution in [3.63, 3.8) is 0 Å². The first-order valence-electron chi connectivity index (χ1n) is 9.65. The van der Waals surface area contributed by atoms with Crippen LogP contribution in [0.1, 0.15) is 11.1 Å². The molecule has 4 N–H and O–H groups in total. The Morgan fingerprint density at radius 1 is 1.06 bits per heavy atom. The number of carbonyl (C=O) groups is 1. The number of thiocarbonyl (C=S) groups is 1. The molecule has 4 rings (SSSR count). The molecule has 11 heteroatoms. The lowest BCUT2D eigenvalue weighted by Crippen LogP contribution is -2.32. The predicted octanol–water partition coefficient (Wildman–Crippen LogP) is 3.18. The van der Waals surface area contributed by atoms with Crippen LogP contribution in [0.5, 0.6) is 0 Å². The average Bonchev–Trinajstić information content (AvgIpc) is 3.03. The topological polar surface area (TPSA) is 117 Å². The molecule has 1 heterocycles. The third kappa shape index (κ3) is 5.38. The molecular weight excluding hydrogens is 573 g/mol. The fourth-order valence-electron chi connectivity index (χ4n) is 3.31. The third-order valence-corrected chi connectivity index (χ3v) is 6.64. The van der Waals surface area contributed by atoms with E-state index in [1.54, 1.807) is 4.90 Å². The van der Waals surface area contributed by atoms with E-state index in [9.17, 15) is 13.2 Å². The highest BCUT2D eigenvalue weighted by Gasteiger charge is 2.34. The quantitative estimate of drug-likeness (QED) is 0.239. The van der Waals surface area contributed by atoms with Gasteiger partial charge in [-0.2, -0.15) is 5.10 Å². The molecule has 0 radical (unpaired) electrons. The van der Waals surface area contributed by atoms with Gasteiger partial charge in [-0.15, -0.1) is 0 Å². The predicted molar refractivity (Wildman–Crippen MR) is 140 cm³/mol. The SMILES string of the molecule is NS(=O)(=O)c1ccc(NC(=S)NN=C2C(=O)N(Cc3ccccc3)c3ccc(I)cc32)cc1. The number of sulfonamides is 1. The van der Waals surface area contributed by atoms with Crippen LogP contribution < -0.4 is 20.8 Å². The van der Waals surface area contributed by atoms with Crippen LogP contribution in [-0.4, -0.2) is 25.1 Å². The van der Waals surface area contributed by atoms with Crippen molar-refractivity contribution in [3.05, 3.63) is 87.5 Å². The number of amides is 1. The van der Waals surface area contributed by atoms with E-state index in [1.165, 1.54) is 24.3 Å². The number of primary sulfonamides is 1. The van der Waals surface area contributed by atoms with Crippen molar-refractivity contribution in [2.45, 2.75) is 11.4 Å². The summed E-state index contributed by atoms with van der Waals surface area (Å²) >= 11 is 7.47. The van der Waals surface area contributed by atoms with Gasteiger partial charge in [-0.3, -0.25) is 10.2 Å². The van der Waals surface area contributed by atoms with Crippen molar-refractivity contribution < 1.29 is 13.2 Å². The summed E-state index contributed by atoms with van der Waals surface area (Å²) in [5, 5.41) is 12.4. The van der Waals surface area contributed by atoms with Crippen molar-refractivity contribution in [1.82, 2.24) is 5.43 Å².